The molecule has 0 aromatic heterocycles. The normalized spacial score (nSPS) is 17.4. The largest absolute Gasteiger partial charge is 0.338 e. The molecule has 1 aliphatic heterocycles. The molecule has 1 heterocycles. The molecule has 1 N–H and O–H groups in total. The van der Waals surface area contributed by atoms with Crippen LogP contribution >= 0.6 is 0 Å². The second-order valence-electron chi connectivity index (χ2n) is 6.18. The van der Waals surface area contributed by atoms with Crippen molar-refractivity contribution in [1.29, 1.82) is 0 Å². The first-order valence-corrected chi connectivity index (χ1v) is 9.97. The number of carbonyl (C=O) groups excluding carboxylic acids is 1. The number of benzene rings is 2. The molecule has 2 aromatic rings. The van der Waals surface area contributed by atoms with Gasteiger partial charge in [-0.3, -0.25) is 0 Å². The van der Waals surface area contributed by atoms with Crippen molar-refractivity contribution in [3.8, 4) is 0 Å². The number of urea groups is 1. The molecule has 0 saturated carbocycles. The summed E-state index contributed by atoms with van der Waals surface area (Å²) in [5.74, 6) is 0. The van der Waals surface area contributed by atoms with Crippen molar-refractivity contribution in [2.75, 3.05) is 19.6 Å². The van der Waals surface area contributed by atoms with Crippen molar-refractivity contribution < 1.29 is 13.2 Å². The Balaban J connectivity index is 1.53. The Labute approximate surface area is 148 Å². The van der Waals surface area contributed by atoms with E-state index in [9.17, 15) is 13.2 Å². The van der Waals surface area contributed by atoms with Gasteiger partial charge in [0, 0.05) is 19.6 Å². The predicted octanol–water partition coefficient (Wildman–Crippen LogP) is 2.49. The van der Waals surface area contributed by atoms with Gasteiger partial charge in [-0.05, 0) is 30.5 Å². The summed E-state index contributed by atoms with van der Waals surface area (Å²) in [4.78, 5) is 14.2. The van der Waals surface area contributed by atoms with Crippen LogP contribution in [0.1, 0.15) is 12.0 Å². The number of hydrogen-bond acceptors (Lipinski definition) is 3. The molecular formula is C19H22N2O3S. The molecule has 2 aromatic carbocycles. The average molecular weight is 358 g/mol. The highest BCUT2D eigenvalue weighted by atomic mass is 32.2. The lowest BCUT2D eigenvalue weighted by Gasteiger charge is -2.17. The summed E-state index contributed by atoms with van der Waals surface area (Å²) in [5, 5.41) is 2.34. The number of nitrogens with one attached hydrogen (secondary N) is 1. The number of likely N-dealkylation sites (tertiary alicyclic amines) is 1. The zero-order valence-electron chi connectivity index (χ0n) is 14.0. The third-order valence-corrected chi connectivity index (χ3v) is 6.67. The van der Waals surface area contributed by atoms with Gasteiger partial charge in [0.2, 0.25) is 0 Å². The second-order valence-corrected chi connectivity index (χ2v) is 8.41. The van der Waals surface area contributed by atoms with Crippen LogP contribution in [-0.2, 0) is 16.3 Å². The van der Waals surface area contributed by atoms with Crippen molar-refractivity contribution in [3.63, 3.8) is 0 Å². The van der Waals surface area contributed by atoms with Crippen molar-refractivity contribution in [2.24, 2.45) is 0 Å². The Morgan fingerprint density at radius 2 is 1.68 bits per heavy atom. The summed E-state index contributed by atoms with van der Waals surface area (Å²) < 4.78 is 25.3. The van der Waals surface area contributed by atoms with Gasteiger partial charge in [0.1, 0.15) is 0 Å². The fourth-order valence-corrected chi connectivity index (χ4v) is 4.75. The molecule has 1 fully saturated rings. The maximum atomic E-state index is 12.6. The van der Waals surface area contributed by atoms with Gasteiger partial charge < -0.3 is 10.2 Å². The van der Waals surface area contributed by atoms with Crippen LogP contribution in [0, 0.1) is 0 Å². The molecule has 25 heavy (non-hydrogen) atoms. The van der Waals surface area contributed by atoms with E-state index in [4.69, 9.17) is 0 Å². The standard InChI is InChI=1S/C19H22N2O3S/c22-19(20-13-11-16-7-3-1-4-8-16)21-14-12-18(15-21)25(23,24)17-9-5-2-6-10-17/h1-10,18H,11-15H2,(H,20,22). The van der Waals surface area contributed by atoms with E-state index in [0.717, 1.165) is 12.0 Å². The van der Waals surface area contributed by atoms with Crippen molar-refractivity contribution >= 4 is 15.9 Å². The fraction of sp³-hybridized carbons (Fsp3) is 0.316. The number of amides is 2. The summed E-state index contributed by atoms with van der Waals surface area (Å²) >= 11 is 0. The summed E-state index contributed by atoms with van der Waals surface area (Å²) in [6, 6.07) is 18.2. The van der Waals surface area contributed by atoms with E-state index < -0.39 is 15.1 Å². The van der Waals surface area contributed by atoms with Gasteiger partial charge in [-0.1, -0.05) is 48.5 Å². The van der Waals surface area contributed by atoms with Crippen LogP contribution in [0.5, 0.6) is 0 Å². The summed E-state index contributed by atoms with van der Waals surface area (Å²) in [6.45, 7) is 1.25. The van der Waals surface area contributed by atoms with Gasteiger partial charge in [-0.15, -0.1) is 0 Å². The molecule has 1 atom stereocenters. The molecule has 3 rings (SSSR count). The van der Waals surface area contributed by atoms with Crippen molar-refractivity contribution in [2.45, 2.75) is 23.0 Å². The van der Waals surface area contributed by atoms with E-state index in [2.05, 4.69) is 5.32 Å². The predicted molar refractivity (Wildman–Crippen MR) is 97.2 cm³/mol. The molecule has 2 amide bonds. The highest BCUT2D eigenvalue weighted by Gasteiger charge is 2.35. The molecule has 0 radical (unpaired) electrons. The SMILES string of the molecule is O=C(NCCc1ccccc1)N1CCC(S(=O)(=O)c2ccccc2)C1. The number of hydrogen-bond donors (Lipinski definition) is 1. The third kappa shape index (κ3) is 4.20. The minimum atomic E-state index is -3.39. The van der Waals surface area contributed by atoms with E-state index >= 15 is 0 Å². The van der Waals surface area contributed by atoms with E-state index in [1.165, 1.54) is 0 Å². The van der Waals surface area contributed by atoms with Crippen molar-refractivity contribution in [3.05, 3.63) is 66.2 Å². The first-order chi connectivity index (χ1) is 12.1. The lowest BCUT2D eigenvalue weighted by atomic mass is 10.1. The lowest BCUT2D eigenvalue weighted by molar-refractivity contribution is 0.209. The maximum absolute atomic E-state index is 12.6. The first-order valence-electron chi connectivity index (χ1n) is 8.43. The van der Waals surface area contributed by atoms with Crippen LogP contribution in [0.3, 0.4) is 0 Å². The third-order valence-electron chi connectivity index (χ3n) is 4.48. The Kier molecular flexibility index (Phi) is 5.38. The Hall–Kier alpha value is -2.34. The van der Waals surface area contributed by atoms with E-state index in [-0.39, 0.29) is 12.6 Å². The van der Waals surface area contributed by atoms with Crippen LogP contribution in [0.25, 0.3) is 0 Å². The Bertz CT molecular complexity index is 807. The number of sulfone groups is 1. The molecule has 6 heteroatoms. The second kappa shape index (κ2) is 7.70. The van der Waals surface area contributed by atoms with Gasteiger partial charge in [0.05, 0.1) is 10.1 Å². The van der Waals surface area contributed by atoms with Gasteiger partial charge in [0.25, 0.3) is 0 Å². The molecule has 0 spiro atoms. The minimum Gasteiger partial charge on any atom is -0.338 e. The molecule has 132 valence electrons. The van der Waals surface area contributed by atoms with Crippen LogP contribution in [0.4, 0.5) is 4.79 Å². The number of rotatable bonds is 5. The lowest BCUT2D eigenvalue weighted by Crippen LogP contribution is -2.40. The van der Waals surface area contributed by atoms with Gasteiger partial charge >= 0.3 is 6.03 Å². The van der Waals surface area contributed by atoms with Crippen LogP contribution in [0.15, 0.2) is 65.6 Å². The Morgan fingerprint density at radius 3 is 2.36 bits per heavy atom. The number of nitrogens with zero attached hydrogens (tertiary/aromatic N) is 1. The summed E-state index contributed by atoms with van der Waals surface area (Å²) in [7, 11) is -3.39. The zero-order valence-corrected chi connectivity index (χ0v) is 14.8. The van der Waals surface area contributed by atoms with Crippen LogP contribution in [0.2, 0.25) is 0 Å². The van der Waals surface area contributed by atoms with Gasteiger partial charge in [-0.25, -0.2) is 13.2 Å². The smallest absolute Gasteiger partial charge is 0.317 e. The molecule has 0 bridgehead atoms. The molecule has 1 unspecified atom stereocenters. The Morgan fingerprint density at radius 1 is 1.04 bits per heavy atom. The summed E-state index contributed by atoms with van der Waals surface area (Å²) in [5.41, 5.74) is 1.16. The molecule has 1 saturated heterocycles. The van der Waals surface area contributed by atoms with Gasteiger partial charge in [-0.2, -0.15) is 0 Å². The molecular weight excluding hydrogens is 336 g/mol. The first kappa shape index (κ1) is 17.5. The molecule has 0 aliphatic carbocycles. The maximum Gasteiger partial charge on any atom is 0.317 e. The number of carbonyl (C=O) groups is 1. The summed E-state index contributed by atoms with van der Waals surface area (Å²) in [6.07, 6.45) is 1.23. The highest BCUT2D eigenvalue weighted by Crippen LogP contribution is 2.23. The van der Waals surface area contributed by atoms with Crippen LogP contribution < -0.4 is 5.32 Å². The fourth-order valence-electron chi connectivity index (χ4n) is 3.04. The molecule has 5 nitrogen and oxygen atoms in total. The zero-order chi connectivity index (χ0) is 17.7. The van der Waals surface area contributed by atoms with E-state index in [1.807, 2.05) is 30.3 Å². The molecule has 1 aliphatic rings. The monoisotopic (exact) mass is 358 g/mol. The highest BCUT2D eigenvalue weighted by molar-refractivity contribution is 7.92. The van der Waals surface area contributed by atoms with Crippen LogP contribution in [-0.4, -0.2) is 44.2 Å². The van der Waals surface area contributed by atoms with Gasteiger partial charge in [0.15, 0.2) is 9.84 Å². The minimum absolute atomic E-state index is 0.193. The topological polar surface area (TPSA) is 66.5 Å². The van der Waals surface area contributed by atoms with E-state index in [0.29, 0.717) is 24.4 Å². The van der Waals surface area contributed by atoms with Crippen molar-refractivity contribution in [1.82, 2.24) is 10.2 Å². The quantitative estimate of drug-likeness (QED) is 0.893. The van der Waals surface area contributed by atoms with E-state index in [1.54, 1.807) is 35.2 Å². The average Bonchev–Trinajstić information content (AvgIpc) is 3.14.